The number of rotatable bonds is 3. The fraction of sp³-hybridized carbons (Fsp3) is 0.250. The number of aryl methyl sites for hydroxylation is 1. The predicted octanol–water partition coefficient (Wildman–Crippen LogP) is 6.11. The van der Waals surface area contributed by atoms with Gasteiger partial charge in [-0.05, 0) is 47.4 Å². The van der Waals surface area contributed by atoms with Crippen molar-refractivity contribution in [3.63, 3.8) is 0 Å². The molecule has 0 N–H and O–H groups in total. The summed E-state index contributed by atoms with van der Waals surface area (Å²) in [5, 5.41) is 0. The Morgan fingerprint density at radius 2 is 1.38 bits per heavy atom. The van der Waals surface area contributed by atoms with Crippen LogP contribution in [0, 0.1) is 0 Å². The lowest BCUT2D eigenvalue weighted by Crippen LogP contribution is -2.37. The van der Waals surface area contributed by atoms with Crippen LogP contribution in [0.4, 0.5) is 0 Å². The highest BCUT2D eigenvalue weighted by molar-refractivity contribution is 5.49. The Kier molecular flexibility index (Phi) is 3.98. The minimum absolute atomic E-state index is 0.0669. The SMILES string of the molecule is CC(c1ccccc1)C1(c2ccccc2)CCCc2ccccc21. The van der Waals surface area contributed by atoms with Crippen molar-refractivity contribution < 1.29 is 0 Å². The van der Waals surface area contributed by atoms with Crippen LogP contribution in [0.2, 0.25) is 0 Å². The lowest BCUT2D eigenvalue weighted by molar-refractivity contribution is 0.367. The van der Waals surface area contributed by atoms with E-state index >= 15 is 0 Å². The molecule has 0 nitrogen and oxygen atoms in total. The lowest BCUT2D eigenvalue weighted by atomic mass is 9.58. The predicted molar refractivity (Wildman–Crippen MR) is 101 cm³/mol. The zero-order valence-electron chi connectivity index (χ0n) is 14.3. The molecule has 3 aromatic carbocycles. The highest BCUT2D eigenvalue weighted by Gasteiger charge is 2.42. The van der Waals surface area contributed by atoms with E-state index in [1.165, 1.54) is 41.5 Å². The summed E-state index contributed by atoms with van der Waals surface area (Å²) >= 11 is 0. The molecule has 0 aromatic heterocycles. The van der Waals surface area contributed by atoms with Crippen LogP contribution in [0.1, 0.15) is 47.9 Å². The molecule has 2 atom stereocenters. The van der Waals surface area contributed by atoms with Gasteiger partial charge >= 0.3 is 0 Å². The van der Waals surface area contributed by atoms with E-state index in [2.05, 4.69) is 91.9 Å². The lowest BCUT2D eigenvalue weighted by Gasteiger charge is -2.45. The van der Waals surface area contributed by atoms with E-state index in [9.17, 15) is 0 Å². The minimum atomic E-state index is 0.0669. The fourth-order valence-corrected chi connectivity index (χ4v) is 4.63. The Labute approximate surface area is 145 Å². The van der Waals surface area contributed by atoms with Crippen LogP contribution in [0.15, 0.2) is 84.9 Å². The van der Waals surface area contributed by atoms with Crippen LogP contribution in [-0.2, 0) is 11.8 Å². The van der Waals surface area contributed by atoms with Gasteiger partial charge in [0.25, 0.3) is 0 Å². The first-order chi connectivity index (χ1) is 11.8. The average molecular weight is 312 g/mol. The molecule has 0 saturated heterocycles. The summed E-state index contributed by atoms with van der Waals surface area (Å²) in [5.41, 5.74) is 6.00. The smallest absolute Gasteiger partial charge is 0.0271 e. The second-order valence-corrected chi connectivity index (χ2v) is 6.98. The normalized spacial score (nSPS) is 21.0. The van der Waals surface area contributed by atoms with E-state index in [1.807, 2.05) is 0 Å². The molecule has 1 aliphatic rings. The molecule has 4 rings (SSSR count). The maximum Gasteiger partial charge on any atom is 0.0271 e. The third-order valence-electron chi connectivity index (χ3n) is 5.84. The first-order valence-corrected chi connectivity index (χ1v) is 9.01. The van der Waals surface area contributed by atoms with Crippen LogP contribution in [-0.4, -0.2) is 0 Å². The van der Waals surface area contributed by atoms with E-state index in [0.29, 0.717) is 5.92 Å². The van der Waals surface area contributed by atoms with Gasteiger partial charge in [-0.25, -0.2) is 0 Å². The van der Waals surface area contributed by atoms with Crippen LogP contribution < -0.4 is 0 Å². The van der Waals surface area contributed by atoms with E-state index in [4.69, 9.17) is 0 Å². The fourth-order valence-electron chi connectivity index (χ4n) is 4.63. The Balaban J connectivity index is 1.96. The first kappa shape index (κ1) is 15.2. The zero-order valence-corrected chi connectivity index (χ0v) is 14.3. The molecule has 2 unspecified atom stereocenters. The first-order valence-electron chi connectivity index (χ1n) is 9.01. The highest BCUT2D eigenvalue weighted by Crippen LogP contribution is 2.51. The number of hydrogen-bond acceptors (Lipinski definition) is 0. The van der Waals surface area contributed by atoms with Crippen LogP contribution in [0.25, 0.3) is 0 Å². The Morgan fingerprint density at radius 3 is 2.12 bits per heavy atom. The molecular formula is C24H24. The highest BCUT2D eigenvalue weighted by atomic mass is 14.5. The summed E-state index contributed by atoms with van der Waals surface area (Å²) in [6.45, 7) is 2.41. The summed E-state index contributed by atoms with van der Waals surface area (Å²) in [5.74, 6) is 0.447. The molecule has 0 heterocycles. The molecule has 0 fully saturated rings. The molecule has 3 aromatic rings. The Hall–Kier alpha value is -2.34. The van der Waals surface area contributed by atoms with Crippen LogP contribution in [0.3, 0.4) is 0 Å². The number of fused-ring (bicyclic) bond motifs is 1. The van der Waals surface area contributed by atoms with Gasteiger partial charge in [-0.1, -0.05) is 91.9 Å². The Morgan fingerprint density at radius 1 is 0.750 bits per heavy atom. The second kappa shape index (κ2) is 6.28. The molecule has 0 amide bonds. The van der Waals surface area contributed by atoms with Gasteiger partial charge in [0.15, 0.2) is 0 Å². The van der Waals surface area contributed by atoms with E-state index in [-0.39, 0.29) is 5.41 Å². The third kappa shape index (κ3) is 2.38. The standard InChI is InChI=1S/C24H24/c1-19(20-11-4-2-5-12-20)24(22-15-6-3-7-16-22)18-10-14-21-13-8-9-17-23(21)24/h2-9,11-13,15-17,19H,10,14,18H2,1H3. The van der Waals surface area contributed by atoms with E-state index in [1.54, 1.807) is 0 Å². The van der Waals surface area contributed by atoms with Crippen molar-refractivity contribution in [2.24, 2.45) is 0 Å². The average Bonchev–Trinajstić information content (AvgIpc) is 2.68. The van der Waals surface area contributed by atoms with Crippen molar-refractivity contribution in [2.45, 2.75) is 37.5 Å². The summed E-state index contributed by atoms with van der Waals surface area (Å²) in [7, 11) is 0. The summed E-state index contributed by atoms with van der Waals surface area (Å²) in [6.07, 6.45) is 3.67. The molecule has 0 spiro atoms. The number of hydrogen-bond donors (Lipinski definition) is 0. The maximum atomic E-state index is 2.41. The summed E-state index contributed by atoms with van der Waals surface area (Å²) in [4.78, 5) is 0. The van der Waals surface area contributed by atoms with Gasteiger partial charge in [-0.15, -0.1) is 0 Å². The van der Waals surface area contributed by atoms with Crippen LogP contribution >= 0.6 is 0 Å². The van der Waals surface area contributed by atoms with Gasteiger partial charge in [0.2, 0.25) is 0 Å². The van der Waals surface area contributed by atoms with Gasteiger partial charge in [0, 0.05) is 5.41 Å². The molecule has 0 radical (unpaired) electrons. The van der Waals surface area contributed by atoms with Gasteiger partial charge in [0.05, 0.1) is 0 Å². The van der Waals surface area contributed by atoms with Crippen molar-refractivity contribution in [3.8, 4) is 0 Å². The van der Waals surface area contributed by atoms with E-state index in [0.717, 1.165) is 0 Å². The van der Waals surface area contributed by atoms with Gasteiger partial charge in [0.1, 0.15) is 0 Å². The van der Waals surface area contributed by atoms with Gasteiger partial charge in [-0.3, -0.25) is 0 Å². The van der Waals surface area contributed by atoms with Gasteiger partial charge < -0.3 is 0 Å². The maximum absolute atomic E-state index is 2.41. The largest absolute Gasteiger partial charge is 0.0622 e. The van der Waals surface area contributed by atoms with Crippen molar-refractivity contribution in [1.82, 2.24) is 0 Å². The zero-order chi connectivity index (χ0) is 16.4. The quantitative estimate of drug-likeness (QED) is 0.547. The van der Waals surface area contributed by atoms with Crippen molar-refractivity contribution in [1.29, 1.82) is 0 Å². The molecule has 0 bridgehead atoms. The molecule has 24 heavy (non-hydrogen) atoms. The molecular weight excluding hydrogens is 288 g/mol. The van der Waals surface area contributed by atoms with E-state index < -0.39 is 0 Å². The van der Waals surface area contributed by atoms with Crippen molar-refractivity contribution in [3.05, 3.63) is 107 Å². The molecule has 120 valence electrons. The van der Waals surface area contributed by atoms with Crippen molar-refractivity contribution >= 4 is 0 Å². The number of benzene rings is 3. The second-order valence-electron chi connectivity index (χ2n) is 6.98. The Bertz CT molecular complexity index is 804. The molecule has 0 saturated carbocycles. The van der Waals surface area contributed by atoms with Gasteiger partial charge in [-0.2, -0.15) is 0 Å². The third-order valence-corrected chi connectivity index (χ3v) is 5.84. The minimum Gasteiger partial charge on any atom is -0.0622 e. The summed E-state index contributed by atoms with van der Waals surface area (Å²) in [6, 6.07) is 31.2. The topological polar surface area (TPSA) is 0 Å². The monoisotopic (exact) mass is 312 g/mol. The van der Waals surface area contributed by atoms with Crippen molar-refractivity contribution in [2.75, 3.05) is 0 Å². The summed E-state index contributed by atoms with van der Waals surface area (Å²) < 4.78 is 0. The molecule has 0 aliphatic heterocycles. The molecule has 0 heteroatoms. The van der Waals surface area contributed by atoms with Crippen LogP contribution in [0.5, 0.6) is 0 Å². The molecule has 1 aliphatic carbocycles.